The van der Waals surface area contributed by atoms with E-state index in [-0.39, 0.29) is 25.1 Å². The first-order valence-electron chi connectivity index (χ1n) is 18.9. The Labute approximate surface area is 319 Å². The molecule has 5 aliphatic rings. The molecule has 0 radical (unpaired) electrons. The molecule has 2 saturated carbocycles. The lowest BCUT2D eigenvalue weighted by atomic mass is 10.0. The molecule has 2 unspecified atom stereocenters. The molecule has 3 aromatic rings. The first-order chi connectivity index (χ1) is 26.5. The molecule has 1 aromatic heterocycles. The molecule has 286 valence electrons. The van der Waals surface area contributed by atoms with E-state index in [1.165, 1.54) is 17.3 Å². The second kappa shape index (κ2) is 14.7. The van der Waals surface area contributed by atoms with Crippen molar-refractivity contribution in [1.29, 1.82) is 0 Å². The molecule has 14 nitrogen and oxygen atoms in total. The number of benzene rings is 2. The monoisotopic (exact) mass is 765 g/mol. The van der Waals surface area contributed by atoms with Crippen LogP contribution in [0, 0.1) is 12.8 Å². The van der Waals surface area contributed by atoms with Crippen LogP contribution in [0.25, 0.3) is 11.1 Å². The molecular formula is C40H43N7O7S. The minimum Gasteiger partial charge on any atom is -0.390 e. The number of rotatable bonds is 7. The van der Waals surface area contributed by atoms with Gasteiger partial charge in [-0.2, -0.15) is 0 Å². The number of allylic oxidation sites excluding steroid dienone is 1. The molecule has 8 rings (SSSR count). The molecule has 2 aromatic carbocycles. The SMILES string of the molecule is Cc1cncc(C(=O)N[C@H]2CCCCC/C=C\C3CC3(C(=O)NS(=O)(=O)C3CC3)NC(=O)[C@@H]3C[C@@H](ON=C4c5ccccc5-c5ccccc54)CN3C2=O)n1. The van der Waals surface area contributed by atoms with E-state index >= 15 is 0 Å². The number of hydrogen-bond acceptors (Lipinski definition) is 10. The predicted octanol–water partition coefficient (Wildman–Crippen LogP) is 3.31. The third kappa shape index (κ3) is 7.36. The molecule has 0 bridgehead atoms. The summed E-state index contributed by atoms with van der Waals surface area (Å²) in [5, 5.41) is 9.72. The summed E-state index contributed by atoms with van der Waals surface area (Å²) in [7, 11) is -3.89. The van der Waals surface area contributed by atoms with Gasteiger partial charge in [-0.05, 0) is 56.6 Å². The van der Waals surface area contributed by atoms with Crippen LogP contribution in [-0.4, -0.2) is 88.1 Å². The highest BCUT2D eigenvalue weighted by atomic mass is 32.2. The van der Waals surface area contributed by atoms with Crippen LogP contribution in [0.1, 0.15) is 85.1 Å². The number of hydrogen-bond donors (Lipinski definition) is 3. The number of sulfonamides is 1. The van der Waals surface area contributed by atoms with Gasteiger partial charge in [-0.15, -0.1) is 0 Å². The van der Waals surface area contributed by atoms with E-state index in [4.69, 9.17) is 4.84 Å². The maximum Gasteiger partial charge on any atom is 0.272 e. The summed E-state index contributed by atoms with van der Waals surface area (Å²) >= 11 is 0. The van der Waals surface area contributed by atoms with E-state index in [0.717, 1.165) is 35.1 Å². The lowest BCUT2D eigenvalue weighted by Gasteiger charge is -2.29. The number of carbonyl (C=O) groups is 4. The second-order valence-electron chi connectivity index (χ2n) is 15.1. The van der Waals surface area contributed by atoms with Crippen LogP contribution in [0.2, 0.25) is 0 Å². The summed E-state index contributed by atoms with van der Waals surface area (Å²) in [4.78, 5) is 72.1. The summed E-state index contributed by atoms with van der Waals surface area (Å²) in [6, 6.07) is 13.6. The van der Waals surface area contributed by atoms with E-state index in [1.54, 1.807) is 6.92 Å². The number of carbonyl (C=O) groups excluding carboxylic acids is 4. The molecule has 3 aliphatic carbocycles. The summed E-state index contributed by atoms with van der Waals surface area (Å²) in [6.07, 6.45) is 10.3. The zero-order chi connectivity index (χ0) is 38.3. The first-order valence-corrected chi connectivity index (χ1v) is 20.5. The van der Waals surface area contributed by atoms with E-state index in [9.17, 15) is 27.6 Å². The third-order valence-electron chi connectivity index (χ3n) is 11.1. The van der Waals surface area contributed by atoms with Crippen molar-refractivity contribution < 1.29 is 32.4 Å². The number of aromatic nitrogens is 2. The van der Waals surface area contributed by atoms with E-state index in [1.807, 2.05) is 60.7 Å². The van der Waals surface area contributed by atoms with Crippen molar-refractivity contribution >= 4 is 39.4 Å². The number of aryl methyl sites for hydroxylation is 1. The highest BCUT2D eigenvalue weighted by Crippen LogP contribution is 2.46. The summed E-state index contributed by atoms with van der Waals surface area (Å²) in [5.74, 6) is -2.89. The highest BCUT2D eigenvalue weighted by Gasteiger charge is 2.62. The van der Waals surface area contributed by atoms with Gasteiger partial charge in [0.1, 0.15) is 35.1 Å². The maximum atomic E-state index is 14.6. The summed E-state index contributed by atoms with van der Waals surface area (Å²) in [5.41, 5.74) is 3.57. The number of nitrogens with one attached hydrogen (secondary N) is 3. The van der Waals surface area contributed by atoms with Gasteiger partial charge in [0.15, 0.2) is 0 Å². The van der Waals surface area contributed by atoms with Gasteiger partial charge in [-0.25, -0.2) is 13.4 Å². The van der Waals surface area contributed by atoms with E-state index in [0.29, 0.717) is 43.5 Å². The quantitative estimate of drug-likeness (QED) is 0.187. The van der Waals surface area contributed by atoms with Crippen LogP contribution >= 0.6 is 0 Å². The summed E-state index contributed by atoms with van der Waals surface area (Å²) < 4.78 is 27.9. The van der Waals surface area contributed by atoms with Crippen molar-refractivity contribution in [3.8, 4) is 11.1 Å². The molecule has 0 spiro atoms. The zero-order valence-corrected chi connectivity index (χ0v) is 31.3. The fraction of sp³-hybridized carbons (Fsp3) is 0.425. The average molecular weight is 766 g/mol. The topological polar surface area (TPSA) is 189 Å². The molecular weight excluding hydrogens is 723 g/mol. The highest BCUT2D eigenvalue weighted by molar-refractivity contribution is 7.91. The van der Waals surface area contributed by atoms with Crippen LogP contribution in [0.4, 0.5) is 0 Å². The Morgan fingerprint density at radius 1 is 0.964 bits per heavy atom. The van der Waals surface area contributed by atoms with Gasteiger partial charge >= 0.3 is 0 Å². The lowest BCUT2D eigenvalue weighted by molar-refractivity contribution is -0.141. The maximum absolute atomic E-state index is 14.6. The molecule has 3 N–H and O–H groups in total. The first kappa shape index (κ1) is 36.5. The van der Waals surface area contributed by atoms with E-state index in [2.05, 4.69) is 30.5 Å². The number of fused-ring (bicyclic) bond motifs is 5. The molecule has 2 aliphatic heterocycles. The van der Waals surface area contributed by atoms with Gasteiger partial charge in [0, 0.05) is 29.7 Å². The van der Waals surface area contributed by atoms with Gasteiger partial charge in [0.05, 0.1) is 23.7 Å². The van der Waals surface area contributed by atoms with Crippen molar-refractivity contribution in [1.82, 2.24) is 30.2 Å². The van der Waals surface area contributed by atoms with Crippen LogP contribution < -0.4 is 15.4 Å². The molecule has 3 heterocycles. The molecule has 55 heavy (non-hydrogen) atoms. The average Bonchev–Trinajstić information content (AvgIpc) is 4.08. The van der Waals surface area contributed by atoms with Gasteiger partial charge in [0.2, 0.25) is 21.8 Å². The predicted molar refractivity (Wildman–Crippen MR) is 202 cm³/mol. The largest absolute Gasteiger partial charge is 0.390 e. The van der Waals surface area contributed by atoms with Gasteiger partial charge in [-0.1, -0.05) is 78.7 Å². The van der Waals surface area contributed by atoms with Crippen molar-refractivity contribution in [2.75, 3.05) is 6.54 Å². The standard InChI is InChI=1S/C40H43N7O7S/c1-24-21-41-22-33(42-24)36(48)43-32-16-6-4-2-3-5-11-25-20-40(25,39(51)46-55(52,53)27-17-18-27)44-37(49)34-19-26(23-47(34)38(32)50)54-45-35-30-14-9-7-12-28(30)29-13-8-10-15-31(29)35/h5,7-15,21-22,25-27,32,34H,2-4,6,16-20,23H2,1H3,(H,43,48)(H,44,49)(H,46,51)/b11-5-/t25?,26-,32+,34+,40?/m1/s1. The van der Waals surface area contributed by atoms with Crippen LogP contribution in [0.3, 0.4) is 0 Å². The van der Waals surface area contributed by atoms with Crippen LogP contribution in [0.15, 0.2) is 78.2 Å². The number of amides is 4. The Kier molecular flexibility index (Phi) is 9.74. The molecule has 4 amide bonds. The van der Waals surface area contributed by atoms with E-state index < -0.39 is 68.5 Å². The summed E-state index contributed by atoms with van der Waals surface area (Å²) in [6.45, 7) is 1.69. The fourth-order valence-electron chi connectivity index (χ4n) is 7.86. The zero-order valence-electron chi connectivity index (χ0n) is 30.4. The van der Waals surface area contributed by atoms with Crippen molar-refractivity contribution in [3.63, 3.8) is 0 Å². The smallest absolute Gasteiger partial charge is 0.272 e. The van der Waals surface area contributed by atoms with Gasteiger partial charge in [-0.3, -0.25) is 28.9 Å². The number of oxime groups is 1. The van der Waals surface area contributed by atoms with Crippen LogP contribution in [-0.2, 0) is 29.2 Å². The molecule has 3 fully saturated rings. The Morgan fingerprint density at radius 3 is 2.36 bits per heavy atom. The Bertz CT molecular complexity index is 2170. The fourth-order valence-corrected chi connectivity index (χ4v) is 9.23. The van der Waals surface area contributed by atoms with Crippen LogP contribution in [0.5, 0.6) is 0 Å². The number of nitrogens with zero attached hydrogens (tertiary/aromatic N) is 4. The van der Waals surface area contributed by atoms with Gasteiger partial charge < -0.3 is 20.4 Å². The second-order valence-corrected chi connectivity index (χ2v) is 17.0. The molecule has 15 heteroatoms. The Hall–Kier alpha value is -5.44. The normalized spacial score (nSPS) is 26.9. The van der Waals surface area contributed by atoms with Crippen molar-refractivity contribution in [3.05, 3.63) is 95.6 Å². The molecule has 5 atom stereocenters. The van der Waals surface area contributed by atoms with Gasteiger partial charge in [0.25, 0.3) is 11.8 Å². The minimum atomic E-state index is -3.89. The Balaban J connectivity index is 1.10. The minimum absolute atomic E-state index is 0.0216. The van der Waals surface area contributed by atoms with Crippen molar-refractivity contribution in [2.45, 2.75) is 93.7 Å². The lowest BCUT2D eigenvalue weighted by Crippen LogP contribution is -2.58. The third-order valence-corrected chi connectivity index (χ3v) is 12.9. The molecule has 1 saturated heterocycles. The van der Waals surface area contributed by atoms with Crippen molar-refractivity contribution in [2.24, 2.45) is 11.1 Å². The Morgan fingerprint density at radius 2 is 1.67 bits per heavy atom.